The van der Waals surface area contributed by atoms with Gasteiger partial charge < -0.3 is 10.5 Å². The number of hydrogen-bond acceptors (Lipinski definition) is 4. The first-order valence-electron chi connectivity index (χ1n) is 8.10. The average Bonchev–Trinajstić information content (AvgIpc) is 3.27. The van der Waals surface area contributed by atoms with Crippen molar-refractivity contribution < 1.29 is 17.5 Å². The van der Waals surface area contributed by atoms with Gasteiger partial charge in [0, 0.05) is 13.0 Å². The van der Waals surface area contributed by atoms with Crippen LogP contribution in [0, 0.1) is 18.2 Å². The quantitative estimate of drug-likeness (QED) is 0.764. The Kier molecular flexibility index (Phi) is 4.90. The fourth-order valence-electron chi connectivity index (χ4n) is 3.68. The smallest absolute Gasteiger partial charge is 0.182 e. The van der Waals surface area contributed by atoms with E-state index in [1.807, 2.05) is 6.92 Å². The molecule has 3 atom stereocenters. The van der Waals surface area contributed by atoms with E-state index < -0.39 is 32.2 Å². The molecule has 0 heterocycles. The summed E-state index contributed by atoms with van der Waals surface area (Å²) in [5, 5.41) is -0.892. The third kappa shape index (κ3) is 2.94. The lowest BCUT2D eigenvalue weighted by Crippen LogP contribution is -2.33. The Labute approximate surface area is 158 Å². The fraction of sp³-hybridized carbons (Fsp3) is 0.316. The average molecular weight is 394 g/mol. The molecule has 1 fully saturated rings. The molecule has 1 aliphatic rings. The number of benzene rings is 2. The van der Waals surface area contributed by atoms with E-state index in [4.69, 9.17) is 22.7 Å². The zero-order chi connectivity index (χ0) is 19.1. The van der Waals surface area contributed by atoms with Crippen molar-refractivity contribution in [2.75, 3.05) is 13.7 Å². The molecule has 0 unspecified atom stereocenters. The summed E-state index contributed by atoms with van der Waals surface area (Å²) in [5.41, 5.74) is 6.42. The van der Waals surface area contributed by atoms with Gasteiger partial charge >= 0.3 is 0 Å². The molecular weight excluding hydrogens is 373 g/mol. The highest BCUT2D eigenvalue weighted by Crippen LogP contribution is 2.64. The molecule has 26 heavy (non-hydrogen) atoms. The summed E-state index contributed by atoms with van der Waals surface area (Å²) in [5.74, 6) is -0.989. The Morgan fingerprint density at radius 1 is 1.27 bits per heavy atom. The van der Waals surface area contributed by atoms with Crippen LogP contribution in [0.5, 0.6) is 0 Å². The van der Waals surface area contributed by atoms with Crippen LogP contribution in [0.1, 0.15) is 17.0 Å². The van der Waals surface area contributed by atoms with Gasteiger partial charge in [-0.15, -0.1) is 0 Å². The SMILES string of the molecule is COC[C@@]1(C(N)=S)[C@H](S(=O)(=O)c2ccc(C)cc2)[C@@H]1c1cccc(F)c1. The minimum atomic E-state index is -3.74. The van der Waals surface area contributed by atoms with Crippen LogP contribution < -0.4 is 5.73 Å². The van der Waals surface area contributed by atoms with E-state index in [0.717, 1.165) is 5.56 Å². The molecule has 0 aromatic heterocycles. The number of thiocarbonyl (C=S) groups is 1. The van der Waals surface area contributed by atoms with Crippen LogP contribution in [0.15, 0.2) is 53.4 Å². The van der Waals surface area contributed by atoms with Gasteiger partial charge in [0.25, 0.3) is 0 Å². The third-order valence-electron chi connectivity index (χ3n) is 4.99. The van der Waals surface area contributed by atoms with Gasteiger partial charge in [0.1, 0.15) is 5.82 Å². The lowest BCUT2D eigenvalue weighted by Gasteiger charge is -2.16. The van der Waals surface area contributed by atoms with Gasteiger partial charge in [-0.1, -0.05) is 42.0 Å². The van der Waals surface area contributed by atoms with Crippen molar-refractivity contribution in [3.05, 3.63) is 65.5 Å². The predicted octanol–water partition coefficient (Wildman–Crippen LogP) is 2.99. The van der Waals surface area contributed by atoms with Gasteiger partial charge in [0.2, 0.25) is 0 Å². The molecule has 0 radical (unpaired) electrons. The van der Waals surface area contributed by atoms with E-state index >= 15 is 0 Å². The predicted molar refractivity (Wildman–Crippen MR) is 102 cm³/mol. The largest absolute Gasteiger partial charge is 0.393 e. The maximum Gasteiger partial charge on any atom is 0.182 e. The Hall–Kier alpha value is -1.83. The minimum absolute atomic E-state index is 0.0548. The molecule has 1 aliphatic carbocycles. The Morgan fingerprint density at radius 3 is 2.46 bits per heavy atom. The molecule has 2 aromatic rings. The number of nitrogens with two attached hydrogens (primary N) is 1. The van der Waals surface area contributed by atoms with E-state index in [1.165, 1.54) is 19.2 Å². The molecule has 1 saturated carbocycles. The summed E-state index contributed by atoms with van der Waals surface area (Å²) in [6.07, 6.45) is 0. The van der Waals surface area contributed by atoms with Crippen molar-refractivity contribution in [2.45, 2.75) is 23.0 Å². The van der Waals surface area contributed by atoms with Crippen molar-refractivity contribution in [1.82, 2.24) is 0 Å². The van der Waals surface area contributed by atoms with Crippen LogP contribution in [0.3, 0.4) is 0 Å². The molecule has 0 saturated heterocycles. The van der Waals surface area contributed by atoms with Crippen LogP contribution in [-0.2, 0) is 14.6 Å². The molecule has 2 N–H and O–H groups in total. The summed E-state index contributed by atoms with van der Waals surface area (Å²) < 4.78 is 45.6. The molecule has 0 aliphatic heterocycles. The summed E-state index contributed by atoms with van der Waals surface area (Å²) in [6, 6.07) is 12.5. The maximum atomic E-state index is 13.7. The zero-order valence-corrected chi connectivity index (χ0v) is 16.1. The Bertz CT molecular complexity index is 944. The maximum absolute atomic E-state index is 13.7. The summed E-state index contributed by atoms with van der Waals surface area (Å²) in [7, 11) is -2.27. The number of ether oxygens (including phenoxy) is 1. The van der Waals surface area contributed by atoms with Crippen molar-refractivity contribution in [1.29, 1.82) is 0 Å². The highest BCUT2D eigenvalue weighted by molar-refractivity contribution is 7.92. The van der Waals surface area contributed by atoms with Gasteiger partial charge in [-0.25, -0.2) is 12.8 Å². The molecular formula is C19H20FNO3S2. The number of methoxy groups -OCH3 is 1. The van der Waals surface area contributed by atoms with Gasteiger partial charge in [0.05, 0.1) is 27.2 Å². The lowest BCUT2D eigenvalue weighted by molar-refractivity contribution is 0.166. The molecule has 3 rings (SSSR count). The molecule has 0 bridgehead atoms. The van der Waals surface area contributed by atoms with E-state index in [1.54, 1.807) is 36.4 Å². The molecule has 7 heteroatoms. The monoisotopic (exact) mass is 393 g/mol. The first-order chi connectivity index (χ1) is 12.2. The van der Waals surface area contributed by atoms with Crippen molar-refractivity contribution in [3.63, 3.8) is 0 Å². The first kappa shape index (κ1) is 18.9. The molecule has 0 amide bonds. The highest BCUT2D eigenvalue weighted by Gasteiger charge is 2.73. The van der Waals surface area contributed by atoms with E-state index in [0.29, 0.717) is 5.56 Å². The molecule has 138 valence electrons. The molecule has 4 nitrogen and oxygen atoms in total. The van der Waals surface area contributed by atoms with Gasteiger partial charge in [0.15, 0.2) is 9.84 Å². The van der Waals surface area contributed by atoms with Crippen molar-refractivity contribution in [2.24, 2.45) is 11.1 Å². The number of rotatable bonds is 6. The van der Waals surface area contributed by atoms with E-state index in [9.17, 15) is 12.8 Å². The first-order valence-corrected chi connectivity index (χ1v) is 10.1. The van der Waals surface area contributed by atoms with Crippen molar-refractivity contribution in [3.8, 4) is 0 Å². The summed E-state index contributed by atoms with van der Waals surface area (Å²) in [6.45, 7) is 1.94. The second kappa shape index (κ2) is 6.72. The Balaban J connectivity index is 2.13. The van der Waals surface area contributed by atoms with Crippen LogP contribution in [0.2, 0.25) is 0 Å². The van der Waals surface area contributed by atoms with Crippen LogP contribution in [0.4, 0.5) is 4.39 Å². The van der Waals surface area contributed by atoms with Crippen molar-refractivity contribution >= 4 is 27.0 Å². The van der Waals surface area contributed by atoms with Gasteiger partial charge in [-0.2, -0.15) is 0 Å². The minimum Gasteiger partial charge on any atom is -0.393 e. The summed E-state index contributed by atoms with van der Waals surface area (Å²) in [4.78, 5) is 0.262. The summed E-state index contributed by atoms with van der Waals surface area (Å²) >= 11 is 5.23. The zero-order valence-electron chi connectivity index (χ0n) is 14.5. The number of hydrogen-bond donors (Lipinski definition) is 1. The number of aryl methyl sites for hydroxylation is 1. The van der Waals surface area contributed by atoms with Gasteiger partial charge in [-0.05, 0) is 36.8 Å². The standard InChI is InChI=1S/C19H20FNO3S2/c1-12-6-8-15(9-7-12)26(22,23)17-16(13-4-3-5-14(20)10-13)19(17,11-24-2)18(21)25/h3-10,16-17H,11H2,1-2H3,(H2,21,25)/t16-,17+,19-/m0/s1. The van der Waals surface area contributed by atoms with Crippen LogP contribution >= 0.6 is 12.2 Å². The third-order valence-corrected chi connectivity index (χ3v) is 7.66. The number of halogens is 1. The second-order valence-electron chi connectivity index (χ2n) is 6.65. The fourth-order valence-corrected chi connectivity index (χ4v) is 6.45. The van der Waals surface area contributed by atoms with Gasteiger partial charge in [-0.3, -0.25) is 0 Å². The van der Waals surface area contributed by atoms with Crippen LogP contribution in [-0.4, -0.2) is 32.4 Å². The lowest BCUT2D eigenvalue weighted by atomic mass is 10.00. The van der Waals surface area contributed by atoms with E-state index in [2.05, 4.69) is 0 Å². The van der Waals surface area contributed by atoms with E-state index in [-0.39, 0.29) is 16.5 Å². The highest BCUT2D eigenvalue weighted by atomic mass is 32.2. The second-order valence-corrected chi connectivity index (χ2v) is 9.16. The Morgan fingerprint density at radius 2 is 1.92 bits per heavy atom. The normalized spacial score (nSPS) is 25.0. The topological polar surface area (TPSA) is 69.4 Å². The van der Waals surface area contributed by atoms with Crippen LogP contribution in [0.25, 0.3) is 0 Å². The molecule has 2 aromatic carbocycles. The molecule has 0 spiro atoms. The number of sulfone groups is 1.